The molecule has 1 saturated heterocycles. The van der Waals surface area contributed by atoms with Gasteiger partial charge in [0, 0.05) is 17.9 Å². The molecule has 1 aliphatic heterocycles. The summed E-state index contributed by atoms with van der Waals surface area (Å²) < 4.78 is 0. The molecule has 2 saturated carbocycles. The number of ketones is 1. The standard InChI is InChI=1S/C11H17NO/c1-12-7-4-8-2-3-9(13)11(5-6-11)10(8)12/h8,10H,2-7H2,1H3. The number of nitrogens with zero attached hydrogens (tertiary/aromatic N) is 1. The van der Waals surface area contributed by atoms with E-state index >= 15 is 0 Å². The zero-order valence-corrected chi connectivity index (χ0v) is 8.25. The molecule has 2 unspecified atom stereocenters. The van der Waals surface area contributed by atoms with Crippen LogP contribution in [0.3, 0.4) is 0 Å². The van der Waals surface area contributed by atoms with Crippen LogP contribution in [0.1, 0.15) is 32.1 Å². The van der Waals surface area contributed by atoms with E-state index in [1.807, 2.05) is 0 Å². The molecular weight excluding hydrogens is 162 g/mol. The maximum absolute atomic E-state index is 11.8. The third-order valence-electron chi connectivity index (χ3n) is 4.43. The average molecular weight is 179 g/mol. The Morgan fingerprint density at radius 3 is 2.85 bits per heavy atom. The van der Waals surface area contributed by atoms with E-state index in [2.05, 4.69) is 11.9 Å². The number of likely N-dealkylation sites (tertiary alicyclic amines) is 1. The van der Waals surface area contributed by atoms with Crippen LogP contribution < -0.4 is 0 Å². The molecule has 72 valence electrons. The minimum absolute atomic E-state index is 0.147. The minimum Gasteiger partial charge on any atom is -0.302 e. The van der Waals surface area contributed by atoms with Crippen molar-refractivity contribution in [3.63, 3.8) is 0 Å². The first kappa shape index (κ1) is 7.98. The van der Waals surface area contributed by atoms with E-state index in [0.717, 1.165) is 18.8 Å². The SMILES string of the molecule is CN1CCC2CCC(=O)C3(CC3)C21. The average Bonchev–Trinajstić information content (AvgIpc) is 2.81. The molecule has 1 heterocycles. The van der Waals surface area contributed by atoms with Gasteiger partial charge in [-0.15, -0.1) is 0 Å². The lowest BCUT2D eigenvalue weighted by Crippen LogP contribution is -2.45. The smallest absolute Gasteiger partial charge is 0.140 e. The number of rotatable bonds is 0. The second-order valence-corrected chi connectivity index (χ2v) is 5.09. The highest BCUT2D eigenvalue weighted by Crippen LogP contribution is 2.59. The van der Waals surface area contributed by atoms with Crippen molar-refractivity contribution in [1.82, 2.24) is 4.90 Å². The molecule has 13 heavy (non-hydrogen) atoms. The van der Waals surface area contributed by atoms with Crippen LogP contribution in [0.4, 0.5) is 0 Å². The Labute approximate surface area is 79.3 Å². The first-order valence-corrected chi connectivity index (χ1v) is 5.47. The van der Waals surface area contributed by atoms with E-state index in [9.17, 15) is 4.79 Å². The Morgan fingerprint density at radius 1 is 1.38 bits per heavy atom. The van der Waals surface area contributed by atoms with Gasteiger partial charge in [-0.2, -0.15) is 0 Å². The number of fused-ring (bicyclic) bond motifs is 2. The van der Waals surface area contributed by atoms with Crippen LogP contribution >= 0.6 is 0 Å². The fourth-order valence-electron chi connectivity index (χ4n) is 3.64. The van der Waals surface area contributed by atoms with Gasteiger partial charge in [-0.1, -0.05) is 0 Å². The Kier molecular flexibility index (Phi) is 1.44. The Hall–Kier alpha value is -0.370. The van der Waals surface area contributed by atoms with Crippen LogP contribution in [0.2, 0.25) is 0 Å². The number of carbonyl (C=O) groups excluding carboxylic acids is 1. The summed E-state index contributed by atoms with van der Waals surface area (Å²) in [7, 11) is 2.20. The van der Waals surface area contributed by atoms with Crippen molar-refractivity contribution in [2.45, 2.75) is 38.1 Å². The fraction of sp³-hybridized carbons (Fsp3) is 0.909. The highest BCUT2D eigenvalue weighted by Gasteiger charge is 2.61. The number of hydrogen-bond acceptors (Lipinski definition) is 2. The zero-order chi connectivity index (χ0) is 9.05. The summed E-state index contributed by atoms with van der Waals surface area (Å²) in [5, 5.41) is 0. The number of Topliss-reactive ketones (excluding diaryl/α,β-unsaturated/α-hetero) is 1. The minimum atomic E-state index is 0.147. The van der Waals surface area contributed by atoms with Gasteiger partial charge < -0.3 is 4.90 Å². The normalized spacial score (nSPS) is 42.4. The topological polar surface area (TPSA) is 20.3 Å². The lowest BCUT2D eigenvalue weighted by Gasteiger charge is -2.36. The third kappa shape index (κ3) is 0.899. The van der Waals surface area contributed by atoms with Crippen LogP contribution in [-0.2, 0) is 4.79 Å². The molecule has 0 aromatic heterocycles. The maximum atomic E-state index is 11.8. The molecule has 0 N–H and O–H groups in total. The molecular formula is C11H17NO. The van der Waals surface area contributed by atoms with Gasteiger partial charge in [0.2, 0.25) is 0 Å². The van der Waals surface area contributed by atoms with Crippen molar-refractivity contribution in [1.29, 1.82) is 0 Å². The van der Waals surface area contributed by atoms with Crippen LogP contribution in [0.25, 0.3) is 0 Å². The molecule has 0 radical (unpaired) electrons. The van der Waals surface area contributed by atoms with Crippen LogP contribution in [0.5, 0.6) is 0 Å². The summed E-state index contributed by atoms with van der Waals surface area (Å²) >= 11 is 0. The fourth-order valence-corrected chi connectivity index (χ4v) is 3.64. The molecule has 0 aromatic carbocycles. The van der Waals surface area contributed by atoms with E-state index in [-0.39, 0.29) is 5.41 Å². The van der Waals surface area contributed by atoms with Crippen molar-refractivity contribution in [2.75, 3.05) is 13.6 Å². The van der Waals surface area contributed by atoms with E-state index < -0.39 is 0 Å². The second kappa shape index (κ2) is 2.35. The number of carbonyl (C=O) groups is 1. The maximum Gasteiger partial charge on any atom is 0.140 e. The number of hydrogen-bond donors (Lipinski definition) is 0. The van der Waals surface area contributed by atoms with Crippen molar-refractivity contribution in [3.05, 3.63) is 0 Å². The van der Waals surface area contributed by atoms with Gasteiger partial charge in [-0.25, -0.2) is 0 Å². The quantitative estimate of drug-likeness (QED) is 0.561. The van der Waals surface area contributed by atoms with Crippen molar-refractivity contribution >= 4 is 5.78 Å². The molecule has 1 spiro atoms. The molecule has 3 fully saturated rings. The lowest BCUT2D eigenvalue weighted by atomic mass is 9.74. The van der Waals surface area contributed by atoms with E-state index in [4.69, 9.17) is 0 Å². The molecule has 2 atom stereocenters. The summed E-state index contributed by atoms with van der Waals surface area (Å²) in [4.78, 5) is 14.3. The van der Waals surface area contributed by atoms with Gasteiger partial charge in [-0.05, 0) is 45.2 Å². The Bertz CT molecular complexity index is 257. The van der Waals surface area contributed by atoms with Gasteiger partial charge in [0.1, 0.15) is 5.78 Å². The summed E-state index contributed by atoms with van der Waals surface area (Å²) in [5.74, 6) is 1.41. The molecule has 0 aromatic rings. The summed E-state index contributed by atoms with van der Waals surface area (Å²) in [5.41, 5.74) is 0.147. The van der Waals surface area contributed by atoms with Crippen LogP contribution in [0, 0.1) is 11.3 Å². The van der Waals surface area contributed by atoms with Gasteiger partial charge in [0.15, 0.2) is 0 Å². The first-order valence-electron chi connectivity index (χ1n) is 5.47. The molecule has 0 amide bonds. The van der Waals surface area contributed by atoms with Gasteiger partial charge in [-0.3, -0.25) is 4.79 Å². The van der Waals surface area contributed by atoms with Crippen LogP contribution in [-0.4, -0.2) is 30.3 Å². The summed E-state index contributed by atoms with van der Waals surface area (Å²) in [6.45, 7) is 1.21. The molecule has 0 bridgehead atoms. The summed E-state index contributed by atoms with van der Waals surface area (Å²) in [6, 6.07) is 0.619. The Balaban J connectivity index is 1.95. The second-order valence-electron chi connectivity index (χ2n) is 5.09. The largest absolute Gasteiger partial charge is 0.302 e. The molecule has 3 rings (SSSR count). The third-order valence-corrected chi connectivity index (χ3v) is 4.43. The lowest BCUT2D eigenvalue weighted by molar-refractivity contribution is -0.129. The van der Waals surface area contributed by atoms with E-state index in [0.29, 0.717) is 11.8 Å². The van der Waals surface area contributed by atoms with Crippen molar-refractivity contribution in [2.24, 2.45) is 11.3 Å². The van der Waals surface area contributed by atoms with E-state index in [1.54, 1.807) is 0 Å². The van der Waals surface area contributed by atoms with Gasteiger partial charge >= 0.3 is 0 Å². The van der Waals surface area contributed by atoms with Crippen LogP contribution in [0.15, 0.2) is 0 Å². The van der Waals surface area contributed by atoms with E-state index in [1.165, 1.54) is 25.8 Å². The predicted octanol–water partition coefficient (Wildman–Crippen LogP) is 1.45. The van der Waals surface area contributed by atoms with Gasteiger partial charge in [0.05, 0.1) is 0 Å². The molecule has 2 heteroatoms. The highest BCUT2D eigenvalue weighted by atomic mass is 16.1. The van der Waals surface area contributed by atoms with Crippen molar-refractivity contribution in [3.8, 4) is 0 Å². The molecule has 3 aliphatic rings. The van der Waals surface area contributed by atoms with Crippen molar-refractivity contribution < 1.29 is 4.79 Å². The Morgan fingerprint density at radius 2 is 2.15 bits per heavy atom. The summed E-state index contributed by atoms with van der Waals surface area (Å²) in [6.07, 6.45) is 5.72. The highest BCUT2D eigenvalue weighted by molar-refractivity contribution is 5.89. The predicted molar refractivity (Wildman–Crippen MR) is 50.4 cm³/mol. The monoisotopic (exact) mass is 179 g/mol. The first-order chi connectivity index (χ1) is 6.24. The zero-order valence-electron chi connectivity index (χ0n) is 8.25. The van der Waals surface area contributed by atoms with Gasteiger partial charge in [0.25, 0.3) is 0 Å². The molecule has 2 nitrogen and oxygen atoms in total. The molecule has 2 aliphatic carbocycles.